The Morgan fingerprint density at radius 3 is 2.64 bits per heavy atom. The largest absolute Gasteiger partial charge is 0.497 e. The SMILES string of the molecule is COc1ccc(C[C@@H]2C(=O)C[C@H]3CCN(CCC(C)C)[C@H]4CCC[C@@H]2[C@H]34)cc1. The minimum absolute atomic E-state index is 0.225. The predicted molar refractivity (Wildman–Crippen MR) is 114 cm³/mol. The number of likely N-dealkylation sites (tertiary alicyclic amines) is 1. The van der Waals surface area contributed by atoms with Gasteiger partial charge in [0.05, 0.1) is 7.11 Å². The van der Waals surface area contributed by atoms with E-state index in [1.165, 1.54) is 50.8 Å². The number of ether oxygens (including phenoxy) is 1. The molecule has 3 heteroatoms. The molecule has 0 unspecified atom stereocenters. The van der Waals surface area contributed by atoms with E-state index in [1.54, 1.807) is 7.11 Å². The molecular formula is C25H37NO2. The highest BCUT2D eigenvalue weighted by Gasteiger charge is 2.51. The summed E-state index contributed by atoms with van der Waals surface area (Å²) in [6.07, 6.45) is 8.17. The average molecular weight is 384 g/mol. The summed E-state index contributed by atoms with van der Waals surface area (Å²) in [5.41, 5.74) is 1.28. The molecule has 0 bridgehead atoms. The van der Waals surface area contributed by atoms with Gasteiger partial charge in [-0.2, -0.15) is 0 Å². The molecule has 3 nitrogen and oxygen atoms in total. The van der Waals surface area contributed by atoms with Crippen LogP contribution in [-0.4, -0.2) is 36.9 Å². The Bertz CT molecular complexity index is 668. The van der Waals surface area contributed by atoms with Crippen molar-refractivity contribution in [1.82, 2.24) is 4.90 Å². The number of Topliss-reactive ketones (excluding diaryl/α,β-unsaturated/α-hetero) is 1. The second kappa shape index (κ2) is 8.57. The van der Waals surface area contributed by atoms with Crippen molar-refractivity contribution in [3.63, 3.8) is 0 Å². The first-order chi connectivity index (χ1) is 13.6. The van der Waals surface area contributed by atoms with E-state index in [-0.39, 0.29) is 5.92 Å². The van der Waals surface area contributed by atoms with Crippen molar-refractivity contribution in [1.29, 1.82) is 0 Å². The molecular weight excluding hydrogens is 346 g/mol. The molecule has 28 heavy (non-hydrogen) atoms. The predicted octanol–water partition coefficient (Wildman–Crippen LogP) is 4.98. The maximum absolute atomic E-state index is 13.1. The van der Waals surface area contributed by atoms with Crippen LogP contribution in [0.15, 0.2) is 24.3 Å². The number of piperidine rings is 1. The molecule has 1 heterocycles. The Kier molecular flexibility index (Phi) is 6.10. The molecule has 1 saturated heterocycles. The molecule has 4 rings (SSSR count). The van der Waals surface area contributed by atoms with Gasteiger partial charge in [0, 0.05) is 18.4 Å². The monoisotopic (exact) mass is 383 g/mol. The molecule has 1 aromatic carbocycles. The Hall–Kier alpha value is -1.35. The van der Waals surface area contributed by atoms with E-state index in [1.807, 2.05) is 12.1 Å². The van der Waals surface area contributed by atoms with Crippen molar-refractivity contribution in [3.8, 4) is 5.75 Å². The van der Waals surface area contributed by atoms with Gasteiger partial charge in [0.1, 0.15) is 11.5 Å². The second-order valence-electron chi connectivity index (χ2n) is 9.84. The van der Waals surface area contributed by atoms with Gasteiger partial charge in [0.15, 0.2) is 0 Å². The van der Waals surface area contributed by atoms with Crippen LogP contribution >= 0.6 is 0 Å². The van der Waals surface area contributed by atoms with Gasteiger partial charge in [0.2, 0.25) is 0 Å². The Morgan fingerprint density at radius 1 is 1.14 bits per heavy atom. The smallest absolute Gasteiger partial charge is 0.136 e. The number of benzene rings is 1. The summed E-state index contributed by atoms with van der Waals surface area (Å²) in [6.45, 7) is 7.12. The quantitative estimate of drug-likeness (QED) is 0.694. The summed E-state index contributed by atoms with van der Waals surface area (Å²) < 4.78 is 5.30. The third kappa shape index (κ3) is 4.01. The van der Waals surface area contributed by atoms with Gasteiger partial charge in [-0.05, 0) is 86.6 Å². The van der Waals surface area contributed by atoms with Crippen molar-refractivity contribution in [2.45, 2.75) is 64.8 Å². The van der Waals surface area contributed by atoms with Crippen molar-refractivity contribution < 1.29 is 9.53 Å². The summed E-state index contributed by atoms with van der Waals surface area (Å²) in [5, 5.41) is 0. The van der Waals surface area contributed by atoms with Crippen LogP contribution in [0.2, 0.25) is 0 Å². The van der Waals surface area contributed by atoms with Crippen molar-refractivity contribution in [2.24, 2.45) is 29.6 Å². The highest BCUT2D eigenvalue weighted by Crippen LogP contribution is 2.51. The van der Waals surface area contributed by atoms with Crippen LogP contribution in [0.1, 0.15) is 57.9 Å². The lowest BCUT2D eigenvalue weighted by Crippen LogP contribution is -2.58. The maximum Gasteiger partial charge on any atom is 0.136 e. The average Bonchev–Trinajstić information content (AvgIpc) is 2.70. The van der Waals surface area contributed by atoms with Crippen LogP contribution in [0.4, 0.5) is 0 Å². The number of carbonyl (C=O) groups excluding carboxylic acids is 1. The molecule has 154 valence electrons. The molecule has 3 fully saturated rings. The lowest BCUT2D eigenvalue weighted by molar-refractivity contribution is -0.139. The molecule has 1 aromatic rings. The standard InChI is InChI=1S/C25H37NO2/c1-17(2)11-13-26-14-12-19-16-24(27)22(21-5-4-6-23(26)25(19)21)15-18-7-9-20(28-3)10-8-18/h7-10,17,19,21-23,25H,4-6,11-16H2,1-3H3/t19-,21+,22+,23+,25+/m1/s1. The fourth-order valence-electron chi connectivity index (χ4n) is 6.35. The molecule has 0 amide bonds. The summed E-state index contributed by atoms with van der Waals surface area (Å²) in [6, 6.07) is 9.08. The minimum atomic E-state index is 0.225. The lowest BCUT2D eigenvalue weighted by atomic mass is 9.55. The Balaban J connectivity index is 1.51. The fourth-order valence-corrected chi connectivity index (χ4v) is 6.35. The number of carbonyl (C=O) groups is 1. The van der Waals surface area contributed by atoms with Crippen LogP contribution < -0.4 is 4.74 Å². The summed E-state index contributed by atoms with van der Waals surface area (Å²) in [5.74, 6) is 4.41. The maximum atomic E-state index is 13.1. The third-order valence-electron chi connectivity index (χ3n) is 7.78. The van der Waals surface area contributed by atoms with E-state index in [2.05, 4.69) is 30.9 Å². The van der Waals surface area contributed by atoms with Crippen molar-refractivity contribution >= 4 is 5.78 Å². The van der Waals surface area contributed by atoms with Crippen LogP contribution in [-0.2, 0) is 11.2 Å². The van der Waals surface area contributed by atoms with E-state index in [0.717, 1.165) is 36.5 Å². The van der Waals surface area contributed by atoms with Crippen molar-refractivity contribution in [2.75, 3.05) is 20.2 Å². The van der Waals surface area contributed by atoms with Gasteiger partial charge in [-0.1, -0.05) is 32.4 Å². The van der Waals surface area contributed by atoms with Crippen molar-refractivity contribution in [3.05, 3.63) is 29.8 Å². The van der Waals surface area contributed by atoms with Gasteiger partial charge in [-0.15, -0.1) is 0 Å². The number of hydrogen-bond acceptors (Lipinski definition) is 3. The molecule has 3 aliphatic rings. The van der Waals surface area contributed by atoms with Gasteiger partial charge in [0.25, 0.3) is 0 Å². The minimum Gasteiger partial charge on any atom is -0.497 e. The zero-order valence-corrected chi connectivity index (χ0v) is 17.9. The van der Waals surface area contributed by atoms with Crippen LogP contribution in [0, 0.1) is 29.6 Å². The van der Waals surface area contributed by atoms with E-state index in [4.69, 9.17) is 4.74 Å². The molecule has 2 aliphatic carbocycles. The molecule has 2 saturated carbocycles. The highest BCUT2D eigenvalue weighted by atomic mass is 16.5. The number of nitrogens with zero attached hydrogens (tertiary/aromatic N) is 1. The molecule has 0 N–H and O–H groups in total. The normalized spacial score (nSPS) is 33.0. The van der Waals surface area contributed by atoms with E-state index >= 15 is 0 Å². The van der Waals surface area contributed by atoms with Gasteiger partial charge in [-0.3, -0.25) is 4.79 Å². The Morgan fingerprint density at radius 2 is 1.93 bits per heavy atom. The summed E-state index contributed by atoms with van der Waals surface area (Å²) >= 11 is 0. The first kappa shape index (κ1) is 19.9. The second-order valence-corrected chi connectivity index (χ2v) is 9.84. The first-order valence-corrected chi connectivity index (χ1v) is 11.5. The molecule has 1 aliphatic heterocycles. The number of ketones is 1. The first-order valence-electron chi connectivity index (χ1n) is 11.5. The van der Waals surface area contributed by atoms with Crippen LogP contribution in [0.25, 0.3) is 0 Å². The van der Waals surface area contributed by atoms with Crippen LogP contribution in [0.5, 0.6) is 5.75 Å². The highest BCUT2D eigenvalue weighted by molar-refractivity contribution is 5.83. The topological polar surface area (TPSA) is 29.5 Å². The van der Waals surface area contributed by atoms with E-state index < -0.39 is 0 Å². The number of hydrogen-bond donors (Lipinski definition) is 0. The molecule has 0 spiro atoms. The number of methoxy groups -OCH3 is 1. The van der Waals surface area contributed by atoms with E-state index in [0.29, 0.717) is 17.6 Å². The molecule has 5 atom stereocenters. The van der Waals surface area contributed by atoms with E-state index in [9.17, 15) is 4.79 Å². The lowest BCUT2D eigenvalue weighted by Gasteiger charge is -2.55. The fraction of sp³-hybridized carbons (Fsp3) is 0.720. The van der Waals surface area contributed by atoms with Gasteiger partial charge in [-0.25, -0.2) is 0 Å². The number of rotatable bonds is 6. The third-order valence-corrected chi connectivity index (χ3v) is 7.78. The molecule has 0 aromatic heterocycles. The molecule has 0 radical (unpaired) electrons. The summed E-state index contributed by atoms with van der Waals surface area (Å²) in [7, 11) is 1.70. The van der Waals surface area contributed by atoms with Gasteiger partial charge < -0.3 is 9.64 Å². The zero-order chi connectivity index (χ0) is 19.7. The summed E-state index contributed by atoms with van der Waals surface area (Å²) in [4.78, 5) is 15.9. The zero-order valence-electron chi connectivity index (χ0n) is 17.9. The van der Waals surface area contributed by atoms with Gasteiger partial charge >= 0.3 is 0 Å². The van der Waals surface area contributed by atoms with Crippen LogP contribution in [0.3, 0.4) is 0 Å². The Labute approximate surface area is 170 Å².